The Morgan fingerprint density at radius 3 is 2.74 bits per heavy atom. The van der Waals surface area contributed by atoms with Crippen LogP contribution in [0, 0.1) is 0 Å². The van der Waals surface area contributed by atoms with Crippen LogP contribution < -0.4 is 10.1 Å². The lowest BCUT2D eigenvalue weighted by Gasteiger charge is -2.24. The van der Waals surface area contributed by atoms with Crippen LogP contribution in [0.15, 0.2) is 40.6 Å². The standard InChI is InChI=1S/C21H29N3O5S2/c1-23(2)31(26,27)20-12-16(8-9-19(20)28-3)22-21(25)15-24(13-17-6-4-10-29-17)14-18-7-5-11-30-18/h5,7-9,11-12,17H,4,6,10,13-15H2,1-3H3,(H,22,25)/t17-/m0/s1. The third-order valence-corrected chi connectivity index (χ3v) is 7.72. The number of nitrogens with zero attached hydrogens (tertiary/aromatic N) is 2. The highest BCUT2D eigenvalue weighted by Crippen LogP contribution is 2.29. The zero-order valence-electron chi connectivity index (χ0n) is 18.0. The van der Waals surface area contributed by atoms with Gasteiger partial charge in [0.1, 0.15) is 10.6 Å². The molecule has 1 saturated heterocycles. The highest BCUT2D eigenvalue weighted by Gasteiger charge is 2.24. The van der Waals surface area contributed by atoms with Crippen molar-refractivity contribution < 1.29 is 22.7 Å². The first-order chi connectivity index (χ1) is 14.8. The Bertz CT molecular complexity index is 971. The Hall–Kier alpha value is -1.98. The van der Waals surface area contributed by atoms with Crippen molar-refractivity contribution in [1.29, 1.82) is 0 Å². The molecular formula is C21H29N3O5S2. The van der Waals surface area contributed by atoms with Crippen LogP contribution in [-0.4, -0.2) is 70.5 Å². The van der Waals surface area contributed by atoms with Crippen molar-refractivity contribution in [2.75, 3.05) is 46.2 Å². The molecule has 1 fully saturated rings. The number of ether oxygens (including phenoxy) is 2. The number of nitrogens with one attached hydrogen (secondary N) is 1. The van der Waals surface area contributed by atoms with Gasteiger partial charge >= 0.3 is 0 Å². The van der Waals surface area contributed by atoms with Crippen LogP contribution in [-0.2, 0) is 26.1 Å². The molecule has 1 atom stereocenters. The molecule has 31 heavy (non-hydrogen) atoms. The van der Waals surface area contributed by atoms with Gasteiger partial charge in [-0.1, -0.05) is 6.07 Å². The number of carbonyl (C=O) groups is 1. The minimum Gasteiger partial charge on any atom is -0.495 e. The summed E-state index contributed by atoms with van der Waals surface area (Å²) < 4.78 is 37.3. The smallest absolute Gasteiger partial charge is 0.246 e. The SMILES string of the molecule is COc1ccc(NC(=O)CN(Cc2cccs2)C[C@@H]2CCCO2)cc1S(=O)(=O)N(C)C. The molecule has 0 saturated carbocycles. The molecule has 1 aromatic heterocycles. The van der Waals surface area contributed by atoms with E-state index in [0.717, 1.165) is 23.8 Å². The number of carbonyl (C=O) groups excluding carboxylic acids is 1. The lowest BCUT2D eigenvalue weighted by molar-refractivity contribution is -0.117. The molecule has 2 aromatic rings. The zero-order valence-corrected chi connectivity index (χ0v) is 19.7. The minimum absolute atomic E-state index is 0.00703. The summed E-state index contributed by atoms with van der Waals surface area (Å²) in [7, 11) is 0.597. The summed E-state index contributed by atoms with van der Waals surface area (Å²) in [6.45, 7) is 2.28. The quantitative estimate of drug-likeness (QED) is 0.578. The summed E-state index contributed by atoms with van der Waals surface area (Å²) in [5.74, 6) is 0.0114. The molecular weight excluding hydrogens is 438 g/mol. The number of benzene rings is 1. The van der Waals surface area contributed by atoms with E-state index < -0.39 is 10.0 Å². The molecule has 0 bridgehead atoms. The molecule has 0 unspecified atom stereocenters. The van der Waals surface area contributed by atoms with Gasteiger partial charge in [-0.2, -0.15) is 0 Å². The Morgan fingerprint density at radius 1 is 1.32 bits per heavy atom. The number of hydrogen-bond acceptors (Lipinski definition) is 7. The molecule has 0 aliphatic carbocycles. The van der Waals surface area contributed by atoms with Crippen molar-refractivity contribution >= 4 is 33.0 Å². The van der Waals surface area contributed by atoms with Gasteiger partial charge in [-0.05, 0) is 42.5 Å². The van der Waals surface area contributed by atoms with Crippen LogP contribution in [0.1, 0.15) is 17.7 Å². The van der Waals surface area contributed by atoms with Gasteiger partial charge in [0.05, 0.1) is 19.8 Å². The van der Waals surface area contributed by atoms with E-state index >= 15 is 0 Å². The molecule has 3 rings (SSSR count). The van der Waals surface area contributed by atoms with Gasteiger partial charge in [-0.15, -0.1) is 11.3 Å². The van der Waals surface area contributed by atoms with Crippen LogP contribution in [0.25, 0.3) is 0 Å². The van der Waals surface area contributed by atoms with Crippen LogP contribution in [0.5, 0.6) is 5.75 Å². The van der Waals surface area contributed by atoms with Gasteiger partial charge in [-0.3, -0.25) is 9.69 Å². The fraction of sp³-hybridized carbons (Fsp3) is 0.476. The van der Waals surface area contributed by atoms with Gasteiger partial charge in [0.25, 0.3) is 0 Å². The van der Waals surface area contributed by atoms with Gasteiger partial charge in [0, 0.05) is 44.4 Å². The van der Waals surface area contributed by atoms with Crippen molar-refractivity contribution in [3.63, 3.8) is 0 Å². The molecule has 1 aliphatic rings. The predicted molar refractivity (Wildman–Crippen MR) is 121 cm³/mol. The Labute approximate surface area is 187 Å². The average molecular weight is 468 g/mol. The van der Waals surface area contributed by atoms with E-state index in [1.165, 1.54) is 32.1 Å². The van der Waals surface area contributed by atoms with Gasteiger partial charge in [0.2, 0.25) is 15.9 Å². The highest BCUT2D eigenvalue weighted by molar-refractivity contribution is 7.89. The van der Waals surface area contributed by atoms with Gasteiger partial charge in [-0.25, -0.2) is 12.7 Å². The Kier molecular flexibility index (Phi) is 8.06. The molecule has 2 heterocycles. The molecule has 8 nitrogen and oxygen atoms in total. The number of hydrogen-bond donors (Lipinski definition) is 1. The predicted octanol–water partition coefficient (Wildman–Crippen LogP) is 2.63. The first-order valence-corrected chi connectivity index (χ1v) is 12.4. The minimum atomic E-state index is -3.72. The normalized spacial score (nSPS) is 16.7. The number of rotatable bonds is 10. The molecule has 1 amide bonds. The van der Waals surface area contributed by atoms with E-state index in [4.69, 9.17) is 9.47 Å². The van der Waals surface area contributed by atoms with E-state index in [2.05, 4.69) is 10.2 Å². The third kappa shape index (κ3) is 6.27. The maximum Gasteiger partial charge on any atom is 0.246 e. The number of sulfonamides is 1. The van der Waals surface area contributed by atoms with Crippen molar-refractivity contribution in [3.8, 4) is 5.75 Å². The summed E-state index contributed by atoms with van der Waals surface area (Å²) in [6.07, 6.45) is 2.16. The molecule has 10 heteroatoms. The van der Waals surface area contributed by atoms with E-state index in [1.807, 2.05) is 17.5 Å². The van der Waals surface area contributed by atoms with Crippen LogP contribution in [0.2, 0.25) is 0 Å². The summed E-state index contributed by atoms with van der Waals surface area (Å²) >= 11 is 1.65. The monoisotopic (exact) mass is 467 g/mol. The van der Waals surface area contributed by atoms with Crippen molar-refractivity contribution in [3.05, 3.63) is 40.6 Å². The van der Waals surface area contributed by atoms with E-state index in [0.29, 0.717) is 18.8 Å². The Balaban J connectivity index is 1.72. The second kappa shape index (κ2) is 10.6. The van der Waals surface area contributed by atoms with Gasteiger partial charge < -0.3 is 14.8 Å². The number of methoxy groups -OCH3 is 1. The third-order valence-electron chi connectivity index (χ3n) is 5.02. The Morgan fingerprint density at radius 2 is 2.13 bits per heavy atom. The second-order valence-electron chi connectivity index (χ2n) is 7.59. The van der Waals surface area contributed by atoms with Crippen LogP contribution in [0.4, 0.5) is 5.69 Å². The summed E-state index contributed by atoms with van der Waals surface area (Å²) in [5, 5.41) is 4.84. The van der Waals surface area contributed by atoms with Crippen molar-refractivity contribution in [2.45, 2.75) is 30.4 Å². The maximum atomic E-state index is 12.8. The first-order valence-electron chi connectivity index (χ1n) is 10.1. The van der Waals surface area contributed by atoms with Crippen molar-refractivity contribution in [1.82, 2.24) is 9.21 Å². The maximum absolute atomic E-state index is 12.8. The lowest BCUT2D eigenvalue weighted by Crippen LogP contribution is -2.37. The zero-order chi connectivity index (χ0) is 22.4. The number of anilines is 1. The van der Waals surface area contributed by atoms with Crippen LogP contribution in [0.3, 0.4) is 0 Å². The molecule has 170 valence electrons. The van der Waals surface area contributed by atoms with E-state index in [9.17, 15) is 13.2 Å². The second-order valence-corrected chi connectivity index (χ2v) is 10.7. The molecule has 0 spiro atoms. The molecule has 1 aromatic carbocycles. The highest BCUT2D eigenvalue weighted by atomic mass is 32.2. The molecule has 1 aliphatic heterocycles. The van der Waals surface area contributed by atoms with Crippen molar-refractivity contribution in [2.24, 2.45) is 0 Å². The molecule has 0 radical (unpaired) electrons. The summed E-state index contributed by atoms with van der Waals surface area (Å²) in [4.78, 5) is 16.0. The van der Waals surface area contributed by atoms with E-state index in [-0.39, 0.29) is 29.2 Å². The fourth-order valence-corrected chi connectivity index (χ4v) is 5.26. The molecule has 1 N–H and O–H groups in total. The average Bonchev–Trinajstić information content (AvgIpc) is 3.42. The summed E-state index contributed by atoms with van der Waals surface area (Å²) in [5.41, 5.74) is 0.402. The lowest BCUT2D eigenvalue weighted by atomic mass is 10.2. The van der Waals surface area contributed by atoms with Gasteiger partial charge in [0.15, 0.2) is 0 Å². The first kappa shape index (κ1) is 23.7. The fourth-order valence-electron chi connectivity index (χ4n) is 3.44. The largest absolute Gasteiger partial charge is 0.495 e. The summed E-state index contributed by atoms with van der Waals surface area (Å²) in [6, 6.07) is 8.65. The van der Waals surface area contributed by atoms with E-state index in [1.54, 1.807) is 23.5 Å². The van der Waals surface area contributed by atoms with Crippen LogP contribution >= 0.6 is 11.3 Å². The number of amides is 1. The number of thiophene rings is 1. The topological polar surface area (TPSA) is 88.2 Å².